The topological polar surface area (TPSA) is 80.9 Å². The standard InChI is InChI=1S/C11H12N4OS/c1-7-14-8(6-17-7)5-13-11(16)9-3-2-4-10(12)15-9/h2-4,6H,5H2,1H3,(H2,12,15)(H,13,16). The molecular weight excluding hydrogens is 236 g/mol. The molecule has 1 amide bonds. The summed E-state index contributed by atoms with van der Waals surface area (Å²) in [5.74, 6) is 0.0881. The Morgan fingerprint density at radius 2 is 2.29 bits per heavy atom. The van der Waals surface area contributed by atoms with E-state index >= 15 is 0 Å². The van der Waals surface area contributed by atoms with Crippen molar-refractivity contribution in [2.75, 3.05) is 5.73 Å². The number of carbonyl (C=O) groups is 1. The third-order valence-electron chi connectivity index (χ3n) is 2.10. The molecule has 88 valence electrons. The van der Waals surface area contributed by atoms with E-state index in [1.807, 2.05) is 12.3 Å². The Bertz CT molecular complexity index is 538. The van der Waals surface area contributed by atoms with Crippen molar-refractivity contribution in [3.8, 4) is 0 Å². The molecule has 0 atom stereocenters. The number of rotatable bonds is 3. The fourth-order valence-electron chi connectivity index (χ4n) is 1.33. The van der Waals surface area contributed by atoms with Crippen molar-refractivity contribution in [3.05, 3.63) is 40.0 Å². The minimum absolute atomic E-state index is 0.247. The summed E-state index contributed by atoms with van der Waals surface area (Å²) in [6.07, 6.45) is 0. The number of nitrogens with one attached hydrogen (secondary N) is 1. The number of amides is 1. The molecule has 0 saturated carbocycles. The van der Waals surface area contributed by atoms with Crippen LogP contribution in [0.3, 0.4) is 0 Å². The van der Waals surface area contributed by atoms with E-state index in [0.29, 0.717) is 18.1 Å². The molecule has 2 aromatic heterocycles. The molecule has 0 aliphatic heterocycles. The van der Waals surface area contributed by atoms with Crippen LogP contribution in [0, 0.1) is 6.92 Å². The highest BCUT2D eigenvalue weighted by molar-refractivity contribution is 7.09. The zero-order valence-electron chi connectivity index (χ0n) is 9.30. The first kappa shape index (κ1) is 11.5. The van der Waals surface area contributed by atoms with Gasteiger partial charge in [0.05, 0.1) is 17.2 Å². The number of nitrogen functional groups attached to an aromatic ring is 1. The number of pyridine rings is 1. The van der Waals surface area contributed by atoms with Gasteiger partial charge in [-0.25, -0.2) is 9.97 Å². The summed E-state index contributed by atoms with van der Waals surface area (Å²) in [6.45, 7) is 2.33. The van der Waals surface area contributed by atoms with Crippen molar-refractivity contribution in [1.82, 2.24) is 15.3 Å². The molecule has 0 aliphatic carbocycles. The number of anilines is 1. The maximum atomic E-state index is 11.7. The van der Waals surface area contributed by atoms with Crippen molar-refractivity contribution >= 4 is 23.1 Å². The molecule has 3 N–H and O–H groups in total. The minimum Gasteiger partial charge on any atom is -0.384 e. The third-order valence-corrected chi connectivity index (χ3v) is 2.92. The molecule has 2 heterocycles. The zero-order chi connectivity index (χ0) is 12.3. The number of aryl methyl sites for hydroxylation is 1. The number of thiazole rings is 1. The first-order chi connectivity index (χ1) is 8.15. The number of hydrogen-bond donors (Lipinski definition) is 2. The average Bonchev–Trinajstić information content (AvgIpc) is 2.72. The molecule has 0 unspecified atom stereocenters. The van der Waals surface area contributed by atoms with Gasteiger partial charge < -0.3 is 11.1 Å². The Kier molecular flexibility index (Phi) is 3.34. The molecule has 2 aromatic rings. The lowest BCUT2D eigenvalue weighted by molar-refractivity contribution is 0.0945. The van der Waals surface area contributed by atoms with Gasteiger partial charge in [0.1, 0.15) is 11.5 Å². The quantitative estimate of drug-likeness (QED) is 0.859. The lowest BCUT2D eigenvalue weighted by atomic mass is 10.3. The van der Waals surface area contributed by atoms with E-state index < -0.39 is 0 Å². The molecule has 0 saturated heterocycles. The average molecular weight is 248 g/mol. The largest absolute Gasteiger partial charge is 0.384 e. The van der Waals surface area contributed by atoms with Crippen molar-refractivity contribution in [1.29, 1.82) is 0 Å². The van der Waals surface area contributed by atoms with Crippen molar-refractivity contribution in [2.45, 2.75) is 13.5 Å². The van der Waals surface area contributed by atoms with Crippen LogP contribution in [-0.2, 0) is 6.54 Å². The molecule has 5 nitrogen and oxygen atoms in total. The lowest BCUT2D eigenvalue weighted by Crippen LogP contribution is -2.24. The predicted molar refractivity (Wildman–Crippen MR) is 66.7 cm³/mol. The Balaban J connectivity index is 1.98. The van der Waals surface area contributed by atoms with E-state index in [9.17, 15) is 4.79 Å². The van der Waals surface area contributed by atoms with Crippen molar-refractivity contribution < 1.29 is 4.79 Å². The van der Waals surface area contributed by atoms with E-state index in [1.165, 1.54) is 0 Å². The van der Waals surface area contributed by atoms with E-state index in [4.69, 9.17) is 5.73 Å². The summed E-state index contributed by atoms with van der Waals surface area (Å²) in [5.41, 5.74) is 6.67. The van der Waals surface area contributed by atoms with Crippen LogP contribution in [0.25, 0.3) is 0 Å². The predicted octanol–water partition coefficient (Wildman–Crippen LogP) is 1.36. The molecule has 0 radical (unpaired) electrons. The van der Waals surface area contributed by atoms with Crippen molar-refractivity contribution in [3.63, 3.8) is 0 Å². The van der Waals surface area contributed by atoms with Crippen LogP contribution < -0.4 is 11.1 Å². The maximum Gasteiger partial charge on any atom is 0.270 e. The highest BCUT2D eigenvalue weighted by atomic mass is 32.1. The van der Waals surface area contributed by atoms with E-state index in [0.717, 1.165) is 10.7 Å². The molecular formula is C11H12N4OS. The minimum atomic E-state index is -0.247. The number of hydrogen-bond acceptors (Lipinski definition) is 5. The van der Waals surface area contributed by atoms with Gasteiger partial charge in [-0.15, -0.1) is 11.3 Å². The van der Waals surface area contributed by atoms with Gasteiger partial charge in [0.25, 0.3) is 5.91 Å². The molecule has 2 rings (SSSR count). The van der Waals surface area contributed by atoms with Gasteiger partial charge in [0.15, 0.2) is 0 Å². The van der Waals surface area contributed by atoms with Gasteiger partial charge in [-0.05, 0) is 19.1 Å². The monoisotopic (exact) mass is 248 g/mol. The normalized spacial score (nSPS) is 10.2. The Labute approximate surface area is 103 Å². The second kappa shape index (κ2) is 4.92. The van der Waals surface area contributed by atoms with E-state index in [2.05, 4.69) is 15.3 Å². The highest BCUT2D eigenvalue weighted by Crippen LogP contribution is 2.07. The van der Waals surface area contributed by atoms with Crippen LogP contribution in [-0.4, -0.2) is 15.9 Å². The Hall–Kier alpha value is -1.95. The van der Waals surface area contributed by atoms with Crippen LogP contribution in [0.4, 0.5) is 5.82 Å². The SMILES string of the molecule is Cc1nc(CNC(=O)c2cccc(N)n2)cs1. The van der Waals surface area contributed by atoms with Gasteiger partial charge in [0, 0.05) is 5.38 Å². The van der Waals surface area contributed by atoms with Gasteiger partial charge in [-0.1, -0.05) is 6.07 Å². The fourth-order valence-corrected chi connectivity index (χ4v) is 1.94. The number of aromatic nitrogens is 2. The van der Waals surface area contributed by atoms with Crippen LogP contribution in [0.15, 0.2) is 23.6 Å². The van der Waals surface area contributed by atoms with Crippen LogP contribution in [0.1, 0.15) is 21.2 Å². The smallest absolute Gasteiger partial charge is 0.270 e. The van der Waals surface area contributed by atoms with Gasteiger partial charge >= 0.3 is 0 Å². The summed E-state index contributed by atoms with van der Waals surface area (Å²) in [7, 11) is 0. The van der Waals surface area contributed by atoms with Crippen LogP contribution in [0.5, 0.6) is 0 Å². The van der Waals surface area contributed by atoms with Crippen LogP contribution >= 0.6 is 11.3 Å². The summed E-state index contributed by atoms with van der Waals surface area (Å²) in [4.78, 5) is 19.9. The summed E-state index contributed by atoms with van der Waals surface area (Å²) >= 11 is 1.56. The maximum absolute atomic E-state index is 11.7. The van der Waals surface area contributed by atoms with Gasteiger partial charge in [-0.3, -0.25) is 4.79 Å². The fraction of sp³-hybridized carbons (Fsp3) is 0.182. The number of nitrogens with two attached hydrogens (primary N) is 1. The first-order valence-corrected chi connectivity index (χ1v) is 5.95. The number of carbonyl (C=O) groups excluding carboxylic acids is 1. The second-order valence-electron chi connectivity index (χ2n) is 3.49. The Morgan fingerprint density at radius 1 is 1.47 bits per heavy atom. The lowest BCUT2D eigenvalue weighted by Gasteiger charge is -2.02. The molecule has 0 bridgehead atoms. The second-order valence-corrected chi connectivity index (χ2v) is 4.55. The molecule has 0 aliphatic rings. The molecule has 6 heteroatoms. The first-order valence-electron chi connectivity index (χ1n) is 5.07. The molecule has 17 heavy (non-hydrogen) atoms. The molecule has 0 spiro atoms. The Morgan fingerprint density at radius 3 is 2.94 bits per heavy atom. The third kappa shape index (κ3) is 3.01. The van der Waals surface area contributed by atoms with Gasteiger partial charge in [-0.2, -0.15) is 0 Å². The zero-order valence-corrected chi connectivity index (χ0v) is 10.1. The van der Waals surface area contributed by atoms with Crippen LogP contribution in [0.2, 0.25) is 0 Å². The molecule has 0 aromatic carbocycles. The summed E-state index contributed by atoms with van der Waals surface area (Å²) in [6, 6.07) is 4.96. The van der Waals surface area contributed by atoms with E-state index in [1.54, 1.807) is 29.5 Å². The van der Waals surface area contributed by atoms with E-state index in [-0.39, 0.29) is 5.91 Å². The molecule has 0 fully saturated rings. The van der Waals surface area contributed by atoms with Crippen molar-refractivity contribution in [2.24, 2.45) is 0 Å². The highest BCUT2D eigenvalue weighted by Gasteiger charge is 2.07. The summed E-state index contributed by atoms with van der Waals surface area (Å²) < 4.78 is 0. The number of nitrogens with zero attached hydrogens (tertiary/aromatic N) is 2. The van der Waals surface area contributed by atoms with Gasteiger partial charge in [0.2, 0.25) is 0 Å². The summed E-state index contributed by atoms with van der Waals surface area (Å²) in [5, 5.41) is 5.64.